The molecule has 0 saturated heterocycles. The molecule has 0 spiro atoms. The highest BCUT2D eigenvalue weighted by atomic mass is 31.1. The minimum atomic E-state index is -2.53. The van der Waals surface area contributed by atoms with Crippen molar-refractivity contribution in [2.45, 2.75) is 27.7 Å². The summed E-state index contributed by atoms with van der Waals surface area (Å²) in [6, 6.07) is 10.8. The van der Waals surface area contributed by atoms with E-state index in [1.807, 2.05) is 39.8 Å². The Morgan fingerprint density at radius 1 is 1.09 bits per heavy atom. The zero-order chi connectivity index (χ0) is 16.3. The molecule has 0 radical (unpaired) electrons. The van der Waals surface area contributed by atoms with Crippen molar-refractivity contribution in [3.63, 3.8) is 0 Å². The van der Waals surface area contributed by atoms with Gasteiger partial charge in [0, 0.05) is 16.4 Å². The van der Waals surface area contributed by atoms with E-state index in [0.717, 1.165) is 22.4 Å². The molecule has 1 unspecified atom stereocenters. The maximum Gasteiger partial charge on any atom is 0.223 e. The standard InChI is InChI=1S/C18H21O3P/c1-5-21-17-13(3)11-12(2)16(14(17)4)18(19)22(20)15-9-7-6-8-10-15/h6-11,22H,5H2,1-4H3. The fourth-order valence-corrected chi connectivity index (χ4v) is 4.09. The van der Waals surface area contributed by atoms with Crippen LogP contribution in [0.5, 0.6) is 5.75 Å². The summed E-state index contributed by atoms with van der Waals surface area (Å²) in [5.41, 5.74) is 2.85. The number of hydrogen-bond acceptors (Lipinski definition) is 3. The van der Waals surface area contributed by atoms with E-state index in [-0.39, 0.29) is 5.52 Å². The van der Waals surface area contributed by atoms with Gasteiger partial charge in [0.25, 0.3) is 0 Å². The molecule has 2 aromatic rings. The molecule has 0 aliphatic heterocycles. The van der Waals surface area contributed by atoms with E-state index < -0.39 is 7.80 Å². The number of aryl methyl sites for hydroxylation is 2. The number of benzene rings is 2. The number of hydrogen-bond donors (Lipinski definition) is 0. The van der Waals surface area contributed by atoms with Crippen molar-refractivity contribution in [3.05, 3.63) is 58.7 Å². The van der Waals surface area contributed by atoms with Crippen molar-refractivity contribution in [2.24, 2.45) is 0 Å². The van der Waals surface area contributed by atoms with E-state index >= 15 is 0 Å². The maximum atomic E-state index is 12.7. The third kappa shape index (κ3) is 3.15. The van der Waals surface area contributed by atoms with Gasteiger partial charge in [-0.05, 0) is 38.8 Å². The molecule has 0 bridgehead atoms. The average molecular weight is 316 g/mol. The number of rotatable bonds is 5. The summed E-state index contributed by atoms with van der Waals surface area (Å²) < 4.78 is 18.3. The lowest BCUT2D eigenvalue weighted by Gasteiger charge is -2.16. The summed E-state index contributed by atoms with van der Waals surface area (Å²) in [6.45, 7) is 8.14. The summed E-state index contributed by atoms with van der Waals surface area (Å²) in [6.07, 6.45) is 0. The highest BCUT2D eigenvalue weighted by molar-refractivity contribution is 7.71. The van der Waals surface area contributed by atoms with Gasteiger partial charge < -0.3 is 9.30 Å². The Balaban J connectivity index is 2.50. The van der Waals surface area contributed by atoms with Crippen LogP contribution in [-0.2, 0) is 4.57 Å². The van der Waals surface area contributed by atoms with E-state index in [1.54, 1.807) is 24.3 Å². The third-order valence-corrected chi connectivity index (χ3v) is 5.18. The summed E-state index contributed by atoms with van der Waals surface area (Å²) in [5.74, 6) is 0.722. The molecule has 116 valence electrons. The van der Waals surface area contributed by atoms with Gasteiger partial charge in [-0.15, -0.1) is 0 Å². The van der Waals surface area contributed by atoms with Crippen molar-refractivity contribution >= 4 is 18.6 Å². The predicted molar refractivity (Wildman–Crippen MR) is 91.2 cm³/mol. The van der Waals surface area contributed by atoms with Crippen LogP contribution >= 0.6 is 7.80 Å². The molecular weight excluding hydrogens is 295 g/mol. The molecule has 3 nitrogen and oxygen atoms in total. The van der Waals surface area contributed by atoms with Gasteiger partial charge in [-0.25, -0.2) is 0 Å². The van der Waals surface area contributed by atoms with E-state index in [9.17, 15) is 9.36 Å². The Morgan fingerprint density at radius 3 is 2.32 bits per heavy atom. The van der Waals surface area contributed by atoms with Crippen molar-refractivity contribution < 1.29 is 14.1 Å². The van der Waals surface area contributed by atoms with Crippen molar-refractivity contribution in [2.75, 3.05) is 6.61 Å². The molecule has 0 amide bonds. The fourth-order valence-electron chi connectivity index (χ4n) is 2.72. The lowest BCUT2D eigenvalue weighted by Crippen LogP contribution is -2.09. The Morgan fingerprint density at radius 2 is 1.73 bits per heavy atom. The topological polar surface area (TPSA) is 43.4 Å². The lowest BCUT2D eigenvalue weighted by molar-refractivity contribution is 0.107. The second-order valence-corrected chi connectivity index (χ2v) is 6.99. The van der Waals surface area contributed by atoms with Crippen LogP contribution in [0.15, 0.2) is 36.4 Å². The third-order valence-electron chi connectivity index (χ3n) is 3.66. The number of ether oxygens (including phenoxy) is 1. The van der Waals surface area contributed by atoms with Gasteiger partial charge in [0.05, 0.1) is 6.61 Å². The molecule has 1 atom stereocenters. The van der Waals surface area contributed by atoms with Gasteiger partial charge in [-0.3, -0.25) is 4.79 Å². The second kappa shape index (κ2) is 6.93. The predicted octanol–water partition coefficient (Wildman–Crippen LogP) is 4.04. The summed E-state index contributed by atoms with van der Waals surface area (Å²) in [7, 11) is -2.53. The van der Waals surface area contributed by atoms with Crippen molar-refractivity contribution in [3.8, 4) is 5.75 Å². The van der Waals surface area contributed by atoms with Crippen LogP contribution in [-0.4, -0.2) is 12.1 Å². The van der Waals surface area contributed by atoms with Crippen LogP contribution < -0.4 is 10.0 Å². The van der Waals surface area contributed by atoms with Gasteiger partial charge in [-0.1, -0.05) is 36.4 Å². The molecule has 0 aliphatic carbocycles. The highest BCUT2D eigenvalue weighted by Crippen LogP contribution is 2.35. The molecule has 0 fully saturated rings. The van der Waals surface area contributed by atoms with Crippen molar-refractivity contribution in [1.29, 1.82) is 0 Å². The SMILES string of the molecule is CCOc1c(C)cc(C)c(C(=O)[PH](=O)c2ccccc2)c1C. The van der Waals surface area contributed by atoms with Gasteiger partial charge in [0.1, 0.15) is 5.75 Å². The molecular formula is C18H21O3P. The van der Waals surface area contributed by atoms with Crippen LogP contribution in [0, 0.1) is 20.8 Å². The largest absolute Gasteiger partial charge is 0.493 e. The Kier molecular flexibility index (Phi) is 5.20. The smallest absolute Gasteiger partial charge is 0.223 e. The normalized spacial score (nSPS) is 12.0. The zero-order valence-corrected chi connectivity index (χ0v) is 14.4. The summed E-state index contributed by atoms with van der Waals surface area (Å²) in [5, 5.41) is 0.592. The number of carbonyl (C=O) groups excluding carboxylic acids is 1. The summed E-state index contributed by atoms with van der Waals surface area (Å²) in [4.78, 5) is 12.7. The molecule has 0 saturated carbocycles. The second-order valence-electron chi connectivity index (χ2n) is 5.30. The molecule has 0 heterocycles. The van der Waals surface area contributed by atoms with Crippen LogP contribution in [0.2, 0.25) is 0 Å². The number of carbonyl (C=O) groups is 1. The highest BCUT2D eigenvalue weighted by Gasteiger charge is 2.23. The first-order chi connectivity index (χ1) is 10.5. The lowest BCUT2D eigenvalue weighted by atomic mass is 9.99. The molecule has 0 aromatic heterocycles. The molecule has 2 rings (SSSR count). The fraction of sp³-hybridized carbons (Fsp3) is 0.278. The van der Waals surface area contributed by atoms with Crippen LogP contribution in [0.4, 0.5) is 0 Å². The molecule has 2 aromatic carbocycles. The molecule has 0 aliphatic rings. The average Bonchev–Trinajstić information content (AvgIpc) is 2.51. The first kappa shape index (κ1) is 16.5. The van der Waals surface area contributed by atoms with E-state index in [1.165, 1.54) is 0 Å². The van der Waals surface area contributed by atoms with Gasteiger partial charge in [-0.2, -0.15) is 0 Å². The minimum absolute atomic E-state index is 0.299. The van der Waals surface area contributed by atoms with Crippen LogP contribution in [0.1, 0.15) is 34.0 Å². The quantitative estimate of drug-likeness (QED) is 0.782. The van der Waals surface area contributed by atoms with Crippen LogP contribution in [0.25, 0.3) is 0 Å². The Hall–Kier alpha value is -1.86. The first-order valence-corrected chi connectivity index (χ1v) is 8.75. The van der Waals surface area contributed by atoms with E-state index in [2.05, 4.69) is 0 Å². The van der Waals surface area contributed by atoms with Crippen LogP contribution in [0.3, 0.4) is 0 Å². The molecule has 4 heteroatoms. The van der Waals surface area contributed by atoms with Gasteiger partial charge >= 0.3 is 0 Å². The summed E-state index contributed by atoms with van der Waals surface area (Å²) >= 11 is 0. The molecule has 22 heavy (non-hydrogen) atoms. The maximum absolute atomic E-state index is 12.7. The van der Waals surface area contributed by atoms with Gasteiger partial charge in [0.15, 0.2) is 7.80 Å². The minimum Gasteiger partial charge on any atom is -0.493 e. The Labute approximate surface area is 132 Å². The van der Waals surface area contributed by atoms with E-state index in [0.29, 0.717) is 17.5 Å². The monoisotopic (exact) mass is 316 g/mol. The van der Waals surface area contributed by atoms with Crippen molar-refractivity contribution in [1.82, 2.24) is 0 Å². The van der Waals surface area contributed by atoms with Gasteiger partial charge in [0.2, 0.25) is 5.52 Å². The zero-order valence-electron chi connectivity index (χ0n) is 13.4. The van der Waals surface area contributed by atoms with E-state index in [4.69, 9.17) is 4.74 Å². The molecule has 0 N–H and O–H groups in total. The Bertz CT molecular complexity index is 721. The first-order valence-electron chi connectivity index (χ1n) is 7.35.